The van der Waals surface area contributed by atoms with Gasteiger partial charge in [-0.25, -0.2) is 0 Å². The molecule has 0 aromatic rings. The zero-order valence-electron chi connectivity index (χ0n) is 25.4. The molecule has 0 aromatic carbocycles. The zero-order chi connectivity index (χ0) is 27.7. The molecule has 38 heavy (non-hydrogen) atoms. The molecule has 4 fully saturated rings. The van der Waals surface area contributed by atoms with Gasteiger partial charge in [0.15, 0.2) is 0 Å². The summed E-state index contributed by atoms with van der Waals surface area (Å²) in [5.74, 6) is 3.85. The maximum Gasteiger partial charge on any atom is 0.305 e. The quantitative estimate of drug-likeness (QED) is 0.263. The highest BCUT2D eigenvalue weighted by molar-refractivity contribution is 5.73. The van der Waals surface area contributed by atoms with Crippen molar-refractivity contribution in [1.29, 1.82) is 0 Å². The van der Waals surface area contributed by atoms with E-state index >= 15 is 0 Å². The van der Waals surface area contributed by atoms with Gasteiger partial charge in [0, 0.05) is 44.6 Å². The third-order valence-electron chi connectivity index (χ3n) is 12.0. The summed E-state index contributed by atoms with van der Waals surface area (Å²) in [7, 11) is 1.49. The minimum Gasteiger partial charge on any atom is -0.469 e. The fourth-order valence-corrected chi connectivity index (χ4v) is 10.1. The minimum absolute atomic E-state index is 0.0847. The van der Waals surface area contributed by atoms with Crippen LogP contribution in [0.5, 0.6) is 0 Å². The molecule has 4 rings (SSSR count). The van der Waals surface area contributed by atoms with Crippen LogP contribution in [0.25, 0.3) is 0 Å². The molecule has 0 radical (unpaired) electrons. The van der Waals surface area contributed by atoms with Crippen molar-refractivity contribution in [3.63, 3.8) is 0 Å². The van der Waals surface area contributed by atoms with Crippen molar-refractivity contribution in [2.45, 2.75) is 124 Å². The zero-order valence-corrected chi connectivity index (χ0v) is 25.4. The Morgan fingerprint density at radius 3 is 2.34 bits per heavy atom. The van der Waals surface area contributed by atoms with E-state index in [0.717, 1.165) is 25.9 Å². The van der Waals surface area contributed by atoms with Crippen molar-refractivity contribution in [3.05, 3.63) is 0 Å². The van der Waals surface area contributed by atoms with Crippen LogP contribution in [0.2, 0.25) is 0 Å². The van der Waals surface area contributed by atoms with Crippen LogP contribution in [0, 0.1) is 46.3 Å². The number of carbonyl (C=O) groups is 2. The summed E-state index contributed by atoms with van der Waals surface area (Å²) in [6, 6.07) is 1.42. The molecule has 0 aromatic heterocycles. The first-order valence-electron chi connectivity index (χ1n) is 15.8. The minimum atomic E-state index is -0.0847. The summed E-state index contributed by atoms with van der Waals surface area (Å²) in [6.45, 7) is 15.7. The van der Waals surface area contributed by atoms with E-state index in [0.29, 0.717) is 70.9 Å². The van der Waals surface area contributed by atoms with Crippen molar-refractivity contribution in [2.24, 2.45) is 46.3 Å². The average molecular weight is 532 g/mol. The van der Waals surface area contributed by atoms with Crippen molar-refractivity contribution in [2.75, 3.05) is 20.2 Å². The van der Waals surface area contributed by atoms with Crippen molar-refractivity contribution >= 4 is 11.9 Å². The second-order valence-electron chi connectivity index (χ2n) is 14.4. The van der Waals surface area contributed by atoms with Crippen molar-refractivity contribution < 1.29 is 14.3 Å². The van der Waals surface area contributed by atoms with Gasteiger partial charge < -0.3 is 20.7 Å². The Balaban J connectivity index is 1.49. The lowest BCUT2D eigenvalue weighted by Crippen LogP contribution is -2.62. The molecule has 0 spiro atoms. The highest BCUT2D eigenvalue weighted by Gasteiger charge is 2.63. The van der Waals surface area contributed by atoms with Crippen LogP contribution >= 0.6 is 0 Å². The molecule has 3 N–H and O–H groups in total. The van der Waals surface area contributed by atoms with Gasteiger partial charge in [0.1, 0.15) is 0 Å². The second-order valence-corrected chi connectivity index (χ2v) is 14.4. The van der Waals surface area contributed by atoms with Gasteiger partial charge in [-0.3, -0.25) is 9.59 Å². The number of rotatable bonds is 10. The van der Waals surface area contributed by atoms with Crippen LogP contribution in [0.3, 0.4) is 0 Å². The van der Waals surface area contributed by atoms with Gasteiger partial charge in [-0.15, -0.1) is 0 Å². The number of ether oxygens (including phenoxy) is 1. The van der Waals surface area contributed by atoms with Crippen LogP contribution in [0.4, 0.5) is 0 Å². The monoisotopic (exact) mass is 531 g/mol. The number of amides is 1. The Kier molecular flexibility index (Phi) is 9.55. The van der Waals surface area contributed by atoms with E-state index in [1.807, 2.05) is 0 Å². The van der Waals surface area contributed by atoms with Gasteiger partial charge in [-0.2, -0.15) is 0 Å². The van der Waals surface area contributed by atoms with Gasteiger partial charge in [-0.1, -0.05) is 34.6 Å². The average Bonchev–Trinajstić information content (AvgIpc) is 3.22. The fraction of sp³-hybridized carbons (Fsp3) is 0.938. The first-order valence-corrected chi connectivity index (χ1v) is 15.8. The van der Waals surface area contributed by atoms with Crippen LogP contribution in [-0.4, -0.2) is 50.2 Å². The fourth-order valence-electron chi connectivity index (χ4n) is 10.1. The lowest BCUT2D eigenvalue weighted by molar-refractivity contribution is -0.142. The lowest BCUT2D eigenvalue weighted by atomic mass is 9.43. The molecule has 4 aliphatic carbocycles. The molecule has 0 heterocycles. The highest BCUT2D eigenvalue weighted by Crippen LogP contribution is 2.68. The second kappa shape index (κ2) is 12.2. The van der Waals surface area contributed by atoms with Crippen molar-refractivity contribution in [3.8, 4) is 0 Å². The molecular weight excluding hydrogens is 474 g/mol. The van der Waals surface area contributed by atoms with Gasteiger partial charge in [0.25, 0.3) is 0 Å². The number of hydrogen-bond acceptors (Lipinski definition) is 5. The number of fused-ring (bicyclic) bond motifs is 5. The van der Waals surface area contributed by atoms with E-state index in [1.54, 1.807) is 6.92 Å². The molecule has 4 saturated carbocycles. The Bertz CT molecular complexity index is 833. The van der Waals surface area contributed by atoms with E-state index in [9.17, 15) is 9.59 Å². The molecule has 10 unspecified atom stereocenters. The molecule has 6 nitrogen and oxygen atoms in total. The molecule has 218 valence electrons. The van der Waals surface area contributed by atoms with E-state index in [2.05, 4.69) is 50.6 Å². The first kappa shape index (κ1) is 29.8. The number of hydrogen-bond donors (Lipinski definition) is 3. The smallest absolute Gasteiger partial charge is 0.305 e. The molecule has 6 heteroatoms. The Labute approximate surface area is 232 Å². The van der Waals surface area contributed by atoms with Crippen molar-refractivity contribution in [1.82, 2.24) is 16.0 Å². The molecular formula is C32H57N3O3. The summed E-state index contributed by atoms with van der Waals surface area (Å²) in [6.07, 6.45) is 11.5. The first-order chi connectivity index (χ1) is 18.0. The van der Waals surface area contributed by atoms with Crippen LogP contribution < -0.4 is 16.0 Å². The molecule has 10 atom stereocenters. The van der Waals surface area contributed by atoms with Crippen LogP contribution in [0.15, 0.2) is 0 Å². The van der Waals surface area contributed by atoms with Crippen LogP contribution in [0.1, 0.15) is 106 Å². The third-order valence-corrected chi connectivity index (χ3v) is 12.0. The maximum absolute atomic E-state index is 12.5. The summed E-state index contributed by atoms with van der Waals surface area (Å²) in [5, 5.41) is 10.9. The van der Waals surface area contributed by atoms with E-state index in [4.69, 9.17) is 4.74 Å². The standard InChI is InChI=1S/C32H57N3O3/c1-20(2)33-16-17-34-24-12-14-31(5)23(18-24)19-28(35-22(4)36)30-26-10-9-25(21(3)8-11-29(37)38-7)32(26,6)15-13-27(30)31/h20-21,23-28,30,33-34H,8-19H2,1-7H3,(H,35,36). The van der Waals surface area contributed by atoms with E-state index in [-0.39, 0.29) is 11.9 Å². The number of nitrogens with one attached hydrogen (secondary N) is 3. The predicted octanol–water partition coefficient (Wildman–Crippen LogP) is 5.31. The molecule has 1 amide bonds. The Hall–Kier alpha value is -1.14. The third kappa shape index (κ3) is 5.96. The normalized spacial score (nSPS) is 41.1. The van der Waals surface area contributed by atoms with Crippen LogP contribution in [-0.2, 0) is 14.3 Å². The number of esters is 1. The topological polar surface area (TPSA) is 79.5 Å². The predicted molar refractivity (Wildman–Crippen MR) is 154 cm³/mol. The molecule has 0 saturated heterocycles. The van der Waals surface area contributed by atoms with Gasteiger partial charge in [-0.05, 0) is 104 Å². The van der Waals surface area contributed by atoms with E-state index < -0.39 is 0 Å². The number of carbonyl (C=O) groups excluding carboxylic acids is 2. The lowest BCUT2D eigenvalue weighted by Gasteiger charge is -2.63. The molecule has 0 aliphatic heterocycles. The largest absolute Gasteiger partial charge is 0.469 e. The van der Waals surface area contributed by atoms with E-state index in [1.165, 1.54) is 52.1 Å². The van der Waals surface area contributed by atoms with Gasteiger partial charge >= 0.3 is 5.97 Å². The highest BCUT2D eigenvalue weighted by atomic mass is 16.5. The molecule has 4 aliphatic rings. The van der Waals surface area contributed by atoms with Gasteiger partial charge in [0.2, 0.25) is 5.91 Å². The number of methoxy groups -OCH3 is 1. The maximum atomic E-state index is 12.5. The SMILES string of the molecule is COC(=O)CCC(C)C1CCC2C3C(NC(C)=O)CC4CC(NCCNC(C)C)CCC4(C)C3CCC12C. The van der Waals surface area contributed by atoms with Gasteiger partial charge in [0.05, 0.1) is 7.11 Å². The summed E-state index contributed by atoms with van der Waals surface area (Å²) < 4.78 is 4.94. The Morgan fingerprint density at radius 1 is 0.947 bits per heavy atom. The summed E-state index contributed by atoms with van der Waals surface area (Å²) >= 11 is 0. The molecule has 0 bridgehead atoms. The summed E-state index contributed by atoms with van der Waals surface area (Å²) in [5.41, 5.74) is 0.683. The Morgan fingerprint density at radius 2 is 1.66 bits per heavy atom. The summed E-state index contributed by atoms with van der Waals surface area (Å²) in [4.78, 5) is 24.3.